The van der Waals surface area contributed by atoms with Crippen LogP contribution in [0.25, 0.3) is 11.5 Å². The average molecular weight is 438 g/mol. The second-order valence-electron chi connectivity index (χ2n) is 7.61. The molecule has 9 nitrogen and oxygen atoms in total. The second-order valence-corrected chi connectivity index (χ2v) is 7.61. The zero-order valence-electron chi connectivity index (χ0n) is 17.7. The second kappa shape index (κ2) is 10.3. The largest absolute Gasteiger partial charge is 0.497 e. The maximum absolute atomic E-state index is 12.2. The molecule has 2 amide bonds. The van der Waals surface area contributed by atoms with Gasteiger partial charge in [-0.1, -0.05) is 17.3 Å². The molecule has 1 fully saturated rings. The highest BCUT2D eigenvalue weighted by Crippen LogP contribution is 2.24. The summed E-state index contributed by atoms with van der Waals surface area (Å²) in [5.41, 5.74) is 2.09. The Labute approximate surface area is 185 Å². The van der Waals surface area contributed by atoms with Crippen molar-refractivity contribution in [2.24, 2.45) is 0 Å². The van der Waals surface area contributed by atoms with E-state index < -0.39 is 12.2 Å². The first-order valence-electron chi connectivity index (χ1n) is 10.5. The van der Waals surface area contributed by atoms with Crippen molar-refractivity contribution in [3.63, 3.8) is 0 Å². The van der Waals surface area contributed by atoms with Crippen LogP contribution in [0.5, 0.6) is 5.75 Å². The fourth-order valence-corrected chi connectivity index (χ4v) is 3.62. The molecule has 0 aliphatic carbocycles. The molecule has 32 heavy (non-hydrogen) atoms. The Morgan fingerprint density at radius 1 is 1.22 bits per heavy atom. The number of carbonyl (C=O) groups excluding carboxylic acids is 1. The van der Waals surface area contributed by atoms with E-state index in [2.05, 4.69) is 20.8 Å². The van der Waals surface area contributed by atoms with Crippen LogP contribution in [0.3, 0.4) is 0 Å². The van der Waals surface area contributed by atoms with Gasteiger partial charge in [-0.3, -0.25) is 4.98 Å². The summed E-state index contributed by atoms with van der Waals surface area (Å²) in [6.07, 6.45) is 2.24. The van der Waals surface area contributed by atoms with Crippen molar-refractivity contribution in [2.75, 3.05) is 19.0 Å². The number of aromatic nitrogens is 2. The molecular formula is C23H26N4O5. The van der Waals surface area contributed by atoms with Gasteiger partial charge in [0.15, 0.2) is 5.76 Å². The minimum Gasteiger partial charge on any atom is -0.497 e. The van der Waals surface area contributed by atoms with E-state index in [9.17, 15) is 9.90 Å². The Balaban J connectivity index is 1.28. The van der Waals surface area contributed by atoms with Gasteiger partial charge >= 0.3 is 6.03 Å². The van der Waals surface area contributed by atoms with Crippen LogP contribution in [0.1, 0.15) is 18.5 Å². The zero-order chi connectivity index (χ0) is 22.3. The molecule has 4 rings (SSSR count). The van der Waals surface area contributed by atoms with Crippen molar-refractivity contribution >= 4 is 11.7 Å². The summed E-state index contributed by atoms with van der Waals surface area (Å²) >= 11 is 0. The molecule has 3 unspecified atom stereocenters. The lowest BCUT2D eigenvalue weighted by Gasteiger charge is -2.33. The third kappa shape index (κ3) is 5.63. The summed E-state index contributed by atoms with van der Waals surface area (Å²) in [4.78, 5) is 16.5. The first kappa shape index (κ1) is 21.8. The number of nitrogens with zero attached hydrogens (tertiary/aromatic N) is 2. The maximum Gasteiger partial charge on any atom is 0.319 e. The summed E-state index contributed by atoms with van der Waals surface area (Å²) in [5, 5.41) is 19.9. The van der Waals surface area contributed by atoms with Gasteiger partial charge in [-0.15, -0.1) is 0 Å². The van der Waals surface area contributed by atoms with E-state index in [0.717, 1.165) is 11.4 Å². The van der Waals surface area contributed by atoms with Crippen molar-refractivity contribution in [1.29, 1.82) is 0 Å². The molecule has 168 valence electrons. The smallest absolute Gasteiger partial charge is 0.319 e. The Morgan fingerprint density at radius 2 is 2.12 bits per heavy atom. The lowest BCUT2D eigenvalue weighted by atomic mass is 9.98. The van der Waals surface area contributed by atoms with E-state index >= 15 is 0 Å². The topological polar surface area (TPSA) is 119 Å². The van der Waals surface area contributed by atoms with E-state index in [4.69, 9.17) is 14.0 Å². The first-order chi connectivity index (χ1) is 15.6. The van der Waals surface area contributed by atoms with Gasteiger partial charge < -0.3 is 29.7 Å². The van der Waals surface area contributed by atoms with E-state index in [-0.39, 0.29) is 18.7 Å². The summed E-state index contributed by atoms with van der Waals surface area (Å²) in [6, 6.07) is 14.1. The predicted molar refractivity (Wildman–Crippen MR) is 117 cm³/mol. The highest BCUT2D eigenvalue weighted by Gasteiger charge is 2.31. The molecule has 3 heterocycles. The molecule has 0 bridgehead atoms. The maximum atomic E-state index is 12.2. The van der Waals surface area contributed by atoms with Crippen molar-refractivity contribution in [2.45, 2.75) is 37.6 Å². The van der Waals surface area contributed by atoms with Gasteiger partial charge in [0.2, 0.25) is 0 Å². The fourth-order valence-electron chi connectivity index (χ4n) is 3.62. The highest BCUT2D eigenvalue weighted by molar-refractivity contribution is 5.89. The Kier molecular flexibility index (Phi) is 6.98. The monoisotopic (exact) mass is 438 g/mol. The Hall–Kier alpha value is -3.43. The third-order valence-electron chi connectivity index (χ3n) is 5.29. The van der Waals surface area contributed by atoms with Crippen LogP contribution < -0.4 is 15.4 Å². The van der Waals surface area contributed by atoms with Crippen molar-refractivity contribution in [3.05, 3.63) is 60.4 Å². The van der Waals surface area contributed by atoms with Crippen molar-refractivity contribution in [3.8, 4) is 17.2 Å². The number of hydrogen-bond donors (Lipinski definition) is 3. The third-order valence-corrected chi connectivity index (χ3v) is 5.29. The molecule has 0 saturated carbocycles. The number of nitrogens with one attached hydrogen (secondary N) is 2. The number of amides is 2. The van der Waals surface area contributed by atoms with Crippen LogP contribution in [0.15, 0.2) is 59.3 Å². The van der Waals surface area contributed by atoms with Crippen LogP contribution in [0.4, 0.5) is 10.5 Å². The fraction of sp³-hybridized carbons (Fsp3) is 0.348. The molecule has 3 N–H and O–H groups in total. The Bertz CT molecular complexity index is 1030. The molecule has 1 aromatic carbocycles. The highest BCUT2D eigenvalue weighted by atomic mass is 16.5. The summed E-state index contributed by atoms with van der Waals surface area (Å²) in [7, 11) is 1.57. The van der Waals surface area contributed by atoms with E-state index in [1.54, 1.807) is 37.6 Å². The van der Waals surface area contributed by atoms with Gasteiger partial charge in [0.05, 0.1) is 25.0 Å². The lowest BCUT2D eigenvalue weighted by molar-refractivity contribution is -0.113. The summed E-state index contributed by atoms with van der Waals surface area (Å²) < 4.78 is 16.6. The number of anilines is 1. The first-order valence-corrected chi connectivity index (χ1v) is 10.5. The zero-order valence-corrected chi connectivity index (χ0v) is 17.7. The number of carbonyl (C=O) groups is 1. The lowest BCUT2D eigenvalue weighted by Crippen LogP contribution is -2.47. The molecule has 1 saturated heterocycles. The quantitative estimate of drug-likeness (QED) is 0.519. The number of aliphatic hydroxyl groups is 1. The number of aliphatic hydroxyl groups excluding tert-OH is 1. The molecular weight excluding hydrogens is 412 g/mol. The van der Waals surface area contributed by atoms with Crippen LogP contribution in [-0.4, -0.2) is 53.2 Å². The molecule has 0 radical (unpaired) electrons. The molecule has 9 heteroatoms. The number of ether oxygens (including phenoxy) is 2. The standard InChI is InChI=1S/C23H26N4O5/c1-30-17-6-4-5-15(11-17)26-23(29)25-14-22-20(28)9-8-18(31-22)12-16-13-21(32-27-16)19-7-2-3-10-24-19/h2-7,10-11,13,18,20,22,28H,8-9,12,14H2,1H3,(H2,25,26,29). The number of benzene rings is 1. The van der Waals surface area contributed by atoms with E-state index in [0.29, 0.717) is 36.5 Å². The van der Waals surface area contributed by atoms with Gasteiger partial charge in [-0.25, -0.2) is 4.79 Å². The normalized spacial score (nSPS) is 20.5. The molecule has 2 aromatic heterocycles. The molecule has 1 aliphatic rings. The molecule has 1 aliphatic heterocycles. The summed E-state index contributed by atoms with van der Waals surface area (Å²) in [6.45, 7) is 0.186. The van der Waals surface area contributed by atoms with Crippen LogP contribution in [0, 0.1) is 0 Å². The SMILES string of the molecule is COc1cccc(NC(=O)NCC2OC(Cc3cc(-c4ccccn4)on3)CCC2O)c1. The summed E-state index contributed by atoms with van der Waals surface area (Å²) in [5.74, 6) is 1.25. The van der Waals surface area contributed by atoms with Crippen LogP contribution in [-0.2, 0) is 11.2 Å². The van der Waals surface area contributed by atoms with E-state index in [1.807, 2.05) is 24.3 Å². The average Bonchev–Trinajstić information content (AvgIpc) is 3.28. The van der Waals surface area contributed by atoms with Gasteiger partial charge in [-0.05, 0) is 37.1 Å². The van der Waals surface area contributed by atoms with Gasteiger partial charge in [-0.2, -0.15) is 0 Å². The molecule has 0 spiro atoms. The minimum absolute atomic E-state index is 0.131. The van der Waals surface area contributed by atoms with E-state index in [1.165, 1.54) is 0 Å². The van der Waals surface area contributed by atoms with Crippen LogP contribution >= 0.6 is 0 Å². The molecule has 3 atom stereocenters. The number of urea groups is 1. The van der Waals surface area contributed by atoms with Crippen LogP contribution in [0.2, 0.25) is 0 Å². The number of rotatable bonds is 7. The Morgan fingerprint density at radius 3 is 2.94 bits per heavy atom. The van der Waals surface area contributed by atoms with Gasteiger partial charge in [0.1, 0.15) is 17.5 Å². The number of methoxy groups -OCH3 is 1. The predicted octanol–water partition coefficient (Wildman–Crippen LogP) is 3.02. The van der Waals surface area contributed by atoms with Gasteiger partial charge in [0, 0.05) is 37.0 Å². The number of hydrogen-bond acceptors (Lipinski definition) is 7. The number of pyridine rings is 1. The van der Waals surface area contributed by atoms with Gasteiger partial charge in [0.25, 0.3) is 0 Å². The van der Waals surface area contributed by atoms with Crippen molar-refractivity contribution < 1.29 is 23.9 Å². The van der Waals surface area contributed by atoms with Crippen molar-refractivity contribution in [1.82, 2.24) is 15.5 Å². The minimum atomic E-state index is -0.648. The molecule has 3 aromatic rings.